The molecule has 2 atom stereocenters. The summed E-state index contributed by atoms with van der Waals surface area (Å²) in [5, 5.41) is 5.42. The van der Waals surface area contributed by atoms with E-state index in [1.165, 1.54) is 6.92 Å². The first-order valence-electron chi connectivity index (χ1n) is 6.38. The number of halogens is 1. The van der Waals surface area contributed by atoms with Crippen LogP contribution in [-0.4, -0.2) is 17.9 Å². The lowest BCUT2D eigenvalue weighted by molar-refractivity contribution is -0.118. The summed E-state index contributed by atoms with van der Waals surface area (Å²) in [5.41, 5.74) is 7.12. The van der Waals surface area contributed by atoms with Crippen LogP contribution >= 0.6 is 12.4 Å². The molecule has 0 saturated carbocycles. The van der Waals surface area contributed by atoms with E-state index < -0.39 is 6.04 Å². The molecule has 0 aliphatic rings. The van der Waals surface area contributed by atoms with Gasteiger partial charge in [0.15, 0.2) is 0 Å². The zero-order valence-electron chi connectivity index (χ0n) is 12.0. The molecule has 0 aromatic heterocycles. The quantitative estimate of drug-likeness (QED) is 0.780. The van der Waals surface area contributed by atoms with Gasteiger partial charge in [0.05, 0.1) is 6.04 Å². The minimum atomic E-state index is -0.533. The first-order chi connectivity index (χ1) is 8.93. The van der Waals surface area contributed by atoms with Gasteiger partial charge in [-0.1, -0.05) is 26.3 Å². The Morgan fingerprint density at radius 3 is 2.30 bits per heavy atom. The van der Waals surface area contributed by atoms with Crippen LogP contribution < -0.4 is 16.4 Å². The average molecular weight is 300 g/mol. The molecule has 0 aliphatic heterocycles. The Hall–Kier alpha value is -1.59. The Bertz CT molecular complexity index is 465. The lowest BCUT2D eigenvalue weighted by Crippen LogP contribution is -2.40. The summed E-state index contributed by atoms with van der Waals surface area (Å²) in [6.45, 7) is 5.37. The third-order valence-electron chi connectivity index (χ3n) is 3.01. The second-order valence-corrected chi connectivity index (χ2v) is 4.66. The molecule has 0 fully saturated rings. The fraction of sp³-hybridized carbons (Fsp3) is 0.429. The van der Waals surface area contributed by atoms with Gasteiger partial charge in [-0.3, -0.25) is 9.59 Å². The Labute approximate surface area is 125 Å². The molecule has 20 heavy (non-hydrogen) atoms. The molecule has 0 saturated heterocycles. The number of hydrogen-bond donors (Lipinski definition) is 3. The van der Waals surface area contributed by atoms with Crippen molar-refractivity contribution in [1.82, 2.24) is 0 Å². The fourth-order valence-corrected chi connectivity index (χ4v) is 1.62. The van der Waals surface area contributed by atoms with Gasteiger partial charge < -0.3 is 16.4 Å². The van der Waals surface area contributed by atoms with E-state index in [-0.39, 0.29) is 30.1 Å². The van der Waals surface area contributed by atoms with E-state index in [4.69, 9.17) is 5.73 Å². The minimum Gasteiger partial charge on any atom is -0.326 e. The van der Waals surface area contributed by atoms with E-state index in [0.29, 0.717) is 11.4 Å². The summed E-state index contributed by atoms with van der Waals surface area (Å²) in [5.74, 6) is -0.243. The van der Waals surface area contributed by atoms with Gasteiger partial charge in [0.2, 0.25) is 11.8 Å². The van der Waals surface area contributed by atoms with Gasteiger partial charge in [-0.2, -0.15) is 0 Å². The molecule has 0 aliphatic carbocycles. The zero-order chi connectivity index (χ0) is 14.4. The molecule has 0 heterocycles. The monoisotopic (exact) mass is 299 g/mol. The first kappa shape index (κ1) is 18.4. The highest BCUT2D eigenvalue weighted by molar-refractivity contribution is 5.96. The molecule has 0 radical (unpaired) electrons. The molecular weight excluding hydrogens is 278 g/mol. The summed E-state index contributed by atoms with van der Waals surface area (Å²) < 4.78 is 0. The molecule has 4 N–H and O–H groups in total. The number of nitrogens with two attached hydrogens (primary N) is 1. The first-order valence-corrected chi connectivity index (χ1v) is 6.38. The van der Waals surface area contributed by atoms with Gasteiger partial charge >= 0.3 is 0 Å². The number of rotatable bonds is 5. The van der Waals surface area contributed by atoms with Gasteiger partial charge in [-0.05, 0) is 24.1 Å². The molecule has 2 unspecified atom stereocenters. The third kappa shape index (κ3) is 5.59. The molecule has 6 heteroatoms. The van der Waals surface area contributed by atoms with Crippen LogP contribution in [0.2, 0.25) is 0 Å². The SMILES string of the molecule is CCC(C)C(N)C(=O)Nc1cccc(NC(C)=O)c1.Cl. The smallest absolute Gasteiger partial charge is 0.241 e. The second-order valence-electron chi connectivity index (χ2n) is 4.66. The molecule has 1 aromatic rings. The van der Waals surface area contributed by atoms with E-state index in [1.54, 1.807) is 24.3 Å². The Morgan fingerprint density at radius 2 is 1.80 bits per heavy atom. The largest absolute Gasteiger partial charge is 0.326 e. The fourth-order valence-electron chi connectivity index (χ4n) is 1.62. The maximum atomic E-state index is 11.9. The second kappa shape index (κ2) is 8.55. The van der Waals surface area contributed by atoms with Crippen molar-refractivity contribution in [2.75, 3.05) is 10.6 Å². The van der Waals surface area contributed by atoms with Crippen LogP contribution in [0, 0.1) is 5.92 Å². The summed E-state index contributed by atoms with van der Waals surface area (Å²) in [6.07, 6.45) is 0.848. The highest BCUT2D eigenvalue weighted by Crippen LogP contribution is 2.16. The number of carbonyl (C=O) groups excluding carboxylic acids is 2. The van der Waals surface area contributed by atoms with Gasteiger partial charge in [0, 0.05) is 18.3 Å². The zero-order valence-corrected chi connectivity index (χ0v) is 12.8. The number of hydrogen-bond acceptors (Lipinski definition) is 3. The van der Waals surface area contributed by atoms with Crippen LogP contribution in [0.15, 0.2) is 24.3 Å². The van der Waals surface area contributed by atoms with Gasteiger partial charge in [-0.15, -0.1) is 12.4 Å². The molecule has 1 aromatic carbocycles. The molecule has 5 nitrogen and oxygen atoms in total. The van der Waals surface area contributed by atoms with E-state index in [1.807, 2.05) is 13.8 Å². The summed E-state index contributed by atoms with van der Waals surface area (Å²) in [7, 11) is 0. The van der Waals surface area contributed by atoms with E-state index >= 15 is 0 Å². The summed E-state index contributed by atoms with van der Waals surface area (Å²) >= 11 is 0. The van der Waals surface area contributed by atoms with Crippen LogP contribution in [0.3, 0.4) is 0 Å². The number of anilines is 2. The maximum absolute atomic E-state index is 11.9. The van der Waals surface area contributed by atoms with E-state index in [0.717, 1.165) is 6.42 Å². The van der Waals surface area contributed by atoms with Gasteiger partial charge in [-0.25, -0.2) is 0 Å². The predicted octanol–water partition coefficient (Wildman–Crippen LogP) is 2.38. The van der Waals surface area contributed by atoms with Crippen molar-refractivity contribution in [1.29, 1.82) is 0 Å². The maximum Gasteiger partial charge on any atom is 0.241 e. The summed E-state index contributed by atoms with van der Waals surface area (Å²) in [6, 6.07) is 6.44. The van der Waals surface area contributed by atoms with Crippen molar-refractivity contribution in [3.8, 4) is 0 Å². The molecule has 112 valence electrons. The minimum absolute atomic E-state index is 0. The molecule has 0 bridgehead atoms. The van der Waals surface area contributed by atoms with Crippen LogP contribution in [-0.2, 0) is 9.59 Å². The Morgan fingerprint density at radius 1 is 1.25 bits per heavy atom. The van der Waals surface area contributed by atoms with Crippen LogP contribution in [0.4, 0.5) is 11.4 Å². The van der Waals surface area contributed by atoms with Crippen molar-refractivity contribution in [3.63, 3.8) is 0 Å². The Kier molecular flexibility index (Phi) is 7.87. The molecule has 2 amide bonds. The van der Waals surface area contributed by atoms with E-state index in [9.17, 15) is 9.59 Å². The Balaban J connectivity index is 0.00000361. The number of nitrogens with one attached hydrogen (secondary N) is 2. The molecule has 1 rings (SSSR count). The number of amides is 2. The van der Waals surface area contributed by atoms with Crippen LogP contribution in [0.1, 0.15) is 27.2 Å². The third-order valence-corrected chi connectivity index (χ3v) is 3.01. The van der Waals surface area contributed by atoms with Crippen molar-refractivity contribution in [3.05, 3.63) is 24.3 Å². The average Bonchev–Trinajstić information content (AvgIpc) is 2.36. The van der Waals surface area contributed by atoms with E-state index in [2.05, 4.69) is 10.6 Å². The molecular formula is C14H22ClN3O2. The van der Waals surface area contributed by atoms with Crippen LogP contribution in [0.25, 0.3) is 0 Å². The van der Waals surface area contributed by atoms with Crippen LogP contribution in [0.5, 0.6) is 0 Å². The van der Waals surface area contributed by atoms with Crippen molar-refractivity contribution >= 4 is 35.6 Å². The normalized spacial score (nSPS) is 12.8. The lowest BCUT2D eigenvalue weighted by atomic mass is 9.99. The highest BCUT2D eigenvalue weighted by atomic mass is 35.5. The predicted molar refractivity (Wildman–Crippen MR) is 84.1 cm³/mol. The number of benzene rings is 1. The number of carbonyl (C=O) groups is 2. The topological polar surface area (TPSA) is 84.2 Å². The van der Waals surface area contributed by atoms with Gasteiger partial charge in [0.25, 0.3) is 0 Å². The van der Waals surface area contributed by atoms with Crippen molar-refractivity contribution in [2.24, 2.45) is 11.7 Å². The lowest BCUT2D eigenvalue weighted by Gasteiger charge is -2.18. The van der Waals surface area contributed by atoms with Gasteiger partial charge in [0.1, 0.15) is 0 Å². The summed E-state index contributed by atoms with van der Waals surface area (Å²) in [4.78, 5) is 22.9. The highest BCUT2D eigenvalue weighted by Gasteiger charge is 2.19. The molecule has 0 spiro atoms. The standard InChI is InChI=1S/C14H21N3O2.ClH/c1-4-9(2)13(15)14(19)17-12-7-5-6-11(8-12)16-10(3)18;/h5-9,13H,4,15H2,1-3H3,(H,16,18)(H,17,19);1H. The van der Waals surface area contributed by atoms with Crippen molar-refractivity contribution in [2.45, 2.75) is 33.2 Å². The van der Waals surface area contributed by atoms with Crippen molar-refractivity contribution < 1.29 is 9.59 Å².